The summed E-state index contributed by atoms with van der Waals surface area (Å²) in [5.41, 5.74) is 11.9. The Kier molecular flexibility index (Phi) is 5.61. The molecule has 1 nitrogen and oxygen atoms in total. The maximum Gasteiger partial charge on any atom is 0.0532 e. The summed E-state index contributed by atoms with van der Waals surface area (Å²) in [5.74, 6) is 0. The smallest absolute Gasteiger partial charge is 0.0532 e. The molecule has 0 unspecified atom stereocenters. The highest BCUT2D eigenvalue weighted by molar-refractivity contribution is 6.28. The fraction of sp³-hybridized carbons (Fsp3) is 0.152. The molecule has 2 aliphatic rings. The van der Waals surface area contributed by atoms with Crippen LogP contribution in [0.4, 0.5) is 0 Å². The maximum atomic E-state index is 2.64. The van der Waals surface area contributed by atoms with Crippen molar-refractivity contribution in [2.45, 2.75) is 19.3 Å². The minimum atomic E-state index is 1.12. The Labute approximate surface area is 202 Å². The second-order valence-corrected chi connectivity index (χ2v) is 9.16. The van der Waals surface area contributed by atoms with Crippen LogP contribution in [0.5, 0.6) is 0 Å². The molecule has 0 aromatic heterocycles. The van der Waals surface area contributed by atoms with E-state index in [-0.39, 0.29) is 0 Å². The predicted octanol–water partition coefficient (Wildman–Crippen LogP) is 8.01. The first-order valence-electron chi connectivity index (χ1n) is 12.4. The van der Waals surface area contributed by atoms with Gasteiger partial charge in [-0.3, -0.25) is 0 Å². The number of rotatable bonds is 4. The molecule has 166 valence electrons. The first kappa shape index (κ1) is 20.7. The Morgan fingerprint density at radius 3 is 1.59 bits per heavy atom. The normalized spacial score (nSPS) is 15.4. The monoisotopic (exact) mass is 439 g/mol. The SMILES string of the molecule is c1ccc(C2=C(N3CCCCC3)c3ccccc3C2=C(c2ccccc2)c2ccccc2)cc1. The second kappa shape index (κ2) is 9.19. The van der Waals surface area contributed by atoms with E-state index in [9.17, 15) is 0 Å². The summed E-state index contributed by atoms with van der Waals surface area (Å²) in [5, 5.41) is 0. The summed E-state index contributed by atoms with van der Waals surface area (Å²) >= 11 is 0. The van der Waals surface area contributed by atoms with Crippen LogP contribution in [0.3, 0.4) is 0 Å². The highest BCUT2D eigenvalue weighted by Gasteiger charge is 2.33. The van der Waals surface area contributed by atoms with Crippen LogP contribution in [0.1, 0.15) is 47.1 Å². The highest BCUT2D eigenvalue weighted by atomic mass is 15.1. The summed E-state index contributed by atoms with van der Waals surface area (Å²) < 4.78 is 0. The Morgan fingerprint density at radius 2 is 1.00 bits per heavy atom. The summed E-state index contributed by atoms with van der Waals surface area (Å²) in [4.78, 5) is 2.64. The van der Waals surface area contributed by atoms with Crippen LogP contribution in [0.25, 0.3) is 22.4 Å². The second-order valence-electron chi connectivity index (χ2n) is 9.16. The summed E-state index contributed by atoms with van der Waals surface area (Å²) in [6, 6.07) is 41.8. The lowest BCUT2D eigenvalue weighted by Gasteiger charge is -2.31. The predicted molar refractivity (Wildman–Crippen MR) is 144 cm³/mol. The van der Waals surface area contributed by atoms with E-state index >= 15 is 0 Å². The molecule has 0 bridgehead atoms. The third-order valence-corrected chi connectivity index (χ3v) is 7.05. The van der Waals surface area contributed by atoms with Gasteiger partial charge in [0.15, 0.2) is 0 Å². The zero-order chi connectivity index (χ0) is 22.7. The van der Waals surface area contributed by atoms with Crippen LogP contribution in [0.2, 0.25) is 0 Å². The van der Waals surface area contributed by atoms with E-state index in [0.717, 1.165) is 13.1 Å². The van der Waals surface area contributed by atoms with E-state index in [1.807, 2.05) is 0 Å². The van der Waals surface area contributed by atoms with Gasteiger partial charge in [-0.2, -0.15) is 0 Å². The first-order valence-corrected chi connectivity index (χ1v) is 12.4. The van der Waals surface area contributed by atoms with Crippen molar-refractivity contribution >= 4 is 22.4 Å². The van der Waals surface area contributed by atoms with E-state index in [1.54, 1.807) is 0 Å². The van der Waals surface area contributed by atoms with E-state index in [0.29, 0.717) is 0 Å². The molecule has 0 N–H and O–H groups in total. The zero-order valence-electron chi connectivity index (χ0n) is 19.5. The molecule has 0 radical (unpaired) electrons. The van der Waals surface area contributed by atoms with Gasteiger partial charge in [-0.25, -0.2) is 0 Å². The van der Waals surface area contributed by atoms with E-state index in [2.05, 4.69) is 120 Å². The zero-order valence-corrected chi connectivity index (χ0v) is 19.5. The number of benzene rings is 4. The van der Waals surface area contributed by atoms with Crippen molar-refractivity contribution in [2.24, 2.45) is 0 Å². The van der Waals surface area contributed by atoms with Gasteiger partial charge in [-0.15, -0.1) is 0 Å². The van der Waals surface area contributed by atoms with Gasteiger partial charge in [0.1, 0.15) is 0 Å². The molecule has 0 atom stereocenters. The molecule has 34 heavy (non-hydrogen) atoms. The lowest BCUT2D eigenvalue weighted by Crippen LogP contribution is -2.28. The number of hydrogen-bond donors (Lipinski definition) is 0. The topological polar surface area (TPSA) is 3.24 Å². The quantitative estimate of drug-likeness (QED) is 0.311. The molecule has 1 fully saturated rings. The van der Waals surface area contributed by atoms with Crippen LogP contribution >= 0.6 is 0 Å². The number of fused-ring (bicyclic) bond motifs is 1. The fourth-order valence-corrected chi connectivity index (χ4v) is 5.55. The third-order valence-electron chi connectivity index (χ3n) is 7.05. The van der Waals surface area contributed by atoms with E-state index < -0.39 is 0 Å². The Balaban J connectivity index is 1.74. The van der Waals surface area contributed by atoms with Crippen LogP contribution in [-0.4, -0.2) is 18.0 Å². The molecule has 4 aromatic carbocycles. The largest absolute Gasteiger partial charge is 0.371 e. The molecule has 1 aliphatic heterocycles. The lowest BCUT2D eigenvalue weighted by atomic mass is 9.86. The van der Waals surface area contributed by atoms with Crippen LogP contribution in [0.15, 0.2) is 115 Å². The minimum Gasteiger partial charge on any atom is -0.371 e. The van der Waals surface area contributed by atoms with Gasteiger partial charge < -0.3 is 4.90 Å². The molecular weight excluding hydrogens is 410 g/mol. The lowest BCUT2D eigenvalue weighted by molar-refractivity contribution is 0.327. The molecule has 0 spiro atoms. The summed E-state index contributed by atoms with van der Waals surface area (Å²) in [6.45, 7) is 2.25. The van der Waals surface area contributed by atoms with Gasteiger partial charge in [0, 0.05) is 29.8 Å². The first-order chi connectivity index (χ1) is 16.9. The van der Waals surface area contributed by atoms with Gasteiger partial charge in [-0.1, -0.05) is 115 Å². The van der Waals surface area contributed by atoms with Gasteiger partial charge in [0.05, 0.1) is 5.70 Å². The molecule has 1 heterocycles. The van der Waals surface area contributed by atoms with Crippen molar-refractivity contribution in [3.63, 3.8) is 0 Å². The van der Waals surface area contributed by atoms with Crippen molar-refractivity contribution in [1.29, 1.82) is 0 Å². The van der Waals surface area contributed by atoms with Crippen LogP contribution in [0, 0.1) is 0 Å². The van der Waals surface area contributed by atoms with Crippen LogP contribution in [-0.2, 0) is 0 Å². The van der Waals surface area contributed by atoms with E-state index in [1.165, 1.54) is 69.5 Å². The molecular formula is C33H29N. The molecule has 1 aliphatic carbocycles. The number of nitrogens with zero attached hydrogens (tertiary/aromatic N) is 1. The van der Waals surface area contributed by atoms with Gasteiger partial charge in [0.25, 0.3) is 0 Å². The molecule has 4 aromatic rings. The number of piperidine rings is 1. The summed E-state index contributed by atoms with van der Waals surface area (Å²) in [6.07, 6.45) is 3.85. The molecule has 0 saturated carbocycles. The number of allylic oxidation sites excluding steroid dienone is 2. The summed E-state index contributed by atoms with van der Waals surface area (Å²) in [7, 11) is 0. The molecule has 6 rings (SSSR count). The van der Waals surface area contributed by atoms with Crippen molar-refractivity contribution < 1.29 is 0 Å². The van der Waals surface area contributed by atoms with Gasteiger partial charge >= 0.3 is 0 Å². The molecule has 0 amide bonds. The number of hydrogen-bond acceptors (Lipinski definition) is 1. The minimum absolute atomic E-state index is 1.12. The van der Waals surface area contributed by atoms with Gasteiger partial charge in [0.2, 0.25) is 0 Å². The van der Waals surface area contributed by atoms with Gasteiger partial charge in [-0.05, 0) is 47.1 Å². The average molecular weight is 440 g/mol. The molecule has 1 heteroatoms. The average Bonchev–Trinajstić information content (AvgIpc) is 3.26. The highest BCUT2D eigenvalue weighted by Crippen LogP contribution is 2.52. The number of likely N-dealkylation sites (tertiary alicyclic amines) is 1. The van der Waals surface area contributed by atoms with E-state index in [4.69, 9.17) is 0 Å². The Morgan fingerprint density at radius 1 is 0.500 bits per heavy atom. The van der Waals surface area contributed by atoms with Crippen molar-refractivity contribution in [3.05, 3.63) is 143 Å². The molecule has 1 saturated heterocycles. The standard InChI is InChI=1S/C33H29N/c1-5-15-25(16-6-1)30(26-17-7-2-8-18-26)32-28-21-11-12-22-29(28)33(34-23-13-4-14-24-34)31(32)27-19-9-3-10-20-27/h1-3,5-12,15-22H,4,13-14,23-24H2. The third kappa shape index (κ3) is 3.68. The van der Waals surface area contributed by atoms with Crippen LogP contribution < -0.4 is 0 Å². The maximum absolute atomic E-state index is 2.64. The fourth-order valence-electron chi connectivity index (χ4n) is 5.55. The van der Waals surface area contributed by atoms with Crippen molar-refractivity contribution in [2.75, 3.05) is 13.1 Å². The Bertz CT molecular complexity index is 1300. The Hall–Kier alpha value is -3.84. The van der Waals surface area contributed by atoms with Crippen molar-refractivity contribution in [3.8, 4) is 0 Å². The van der Waals surface area contributed by atoms with Crippen molar-refractivity contribution in [1.82, 2.24) is 4.90 Å².